The van der Waals surface area contributed by atoms with Crippen molar-refractivity contribution in [3.05, 3.63) is 0 Å². The van der Waals surface area contributed by atoms with Crippen molar-refractivity contribution in [1.82, 2.24) is 15.1 Å². The molecule has 1 aliphatic heterocycles. The van der Waals surface area contributed by atoms with Crippen LogP contribution in [-0.4, -0.2) is 80.9 Å². The summed E-state index contributed by atoms with van der Waals surface area (Å²) in [6, 6.07) is 0.00770. The smallest absolute Gasteiger partial charge is 0.409 e. The van der Waals surface area contributed by atoms with E-state index in [0.29, 0.717) is 45.9 Å². The monoisotopic (exact) mass is 287 g/mol. The Kier molecular flexibility index (Phi) is 7.32. The summed E-state index contributed by atoms with van der Waals surface area (Å²) in [5, 5.41) is 2.87. The lowest BCUT2D eigenvalue weighted by Crippen LogP contribution is -2.52. The SMILES string of the molecule is CCOC(=O)N1CCN(CC(=O)NC(C)COC)CC1. The topological polar surface area (TPSA) is 71.1 Å². The maximum atomic E-state index is 11.8. The number of nitrogens with one attached hydrogen (secondary N) is 1. The lowest BCUT2D eigenvalue weighted by molar-refractivity contribution is -0.123. The van der Waals surface area contributed by atoms with Gasteiger partial charge in [-0.2, -0.15) is 0 Å². The maximum Gasteiger partial charge on any atom is 0.409 e. The average molecular weight is 287 g/mol. The molecule has 1 N–H and O–H groups in total. The van der Waals surface area contributed by atoms with Crippen molar-refractivity contribution >= 4 is 12.0 Å². The number of rotatable bonds is 6. The Morgan fingerprint density at radius 3 is 2.45 bits per heavy atom. The van der Waals surface area contributed by atoms with Crippen LogP contribution in [0.4, 0.5) is 4.79 Å². The molecule has 0 bridgehead atoms. The highest BCUT2D eigenvalue weighted by Gasteiger charge is 2.23. The quantitative estimate of drug-likeness (QED) is 0.739. The molecule has 1 unspecified atom stereocenters. The van der Waals surface area contributed by atoms with Crippen LogP contribution in [0.2, 0.25) is 0 Å². The first-order chi connectivity index (χ1) is 9.56. The normalized spacial score (nSPS) is 17.6. The summed E-state index contributed by atoms with van der Waals surface area (Å²) in [6.07, 6.45) is -0.273. The Hall–Kier alpha value is -1.34. The number of carbonyl (C=O) groups excluding carboxylic acids is 2. The van der Waals surface area contributed by atoms with Gasteiger partial charge in [-0.15, -0.1) is 0 Å². The Morgan fingerprint density at radius 1 is 1.25 bits per heavy atom. The summed E-state index contributed by atoms with van der Waals surface area (Å²) in [4.78, 5) is 27.0. The molecule has 1 saturated heterocycles. The molecule has 0 spiro atoms. The van der Waals surface area contributed by atoms with Gasteiger partial charge in [0.2, 0.25) is 5.91 Å². The molecule has 1 heterocycles. The van der Waals surface area contributed by atoms with Gasteiger partial charge in [0.15, 0.2) is 0 Å². The number of piperazine rings is 1. The molecule has 0 aliphatic carbocycles. The third-order valence-electron chi connectivity index (χ3n) is 3.09. The van der Waals surface area contributed by atoms with Gasteiger partial charge in [0, 0.05) is 39.3 Å². The van der Waals surface area contributed by atoms with E-state index >= 15 is 0 Å². The van der Waals surface area contributed by atoms with Crippen LogP contribution in [0, 0.1) is 0 Å². The first kappa shape index (κ1) is 16.7. The predicted octanol–water partition coefficient (Wildman–Crippen LogP) is -0.0884. The number of hydrogen-bond acceptors (Lipinski definition) is 5. The third kappa shape index (κ3) is 5.75. The molecular weight excluding hydrogens is 262 g/mol. The Bertz CT molecular complexity index is 317. The van der Waals surface area contributed by atoms with Crippen LogP contribution in [0.15, 0.2) is 0 Å². The van der Waals surface area contributed by atoms with E-state index in [1.54, 1.807) is 18.9 Å². The predicted molar refractivity (Wildman–Crippen MR) is 74.5 cm³/mol. The van der Waals surface area contributed by atoms with Crippen LogP contribution in [0.25, 0.3) is 0 Å². The van der Waals surface area contributed by atoms with Crippen molar-refractivity contribution in [3.63, 3.8) is 0 Å². The highest BCUT2D eigenvalue weighted by Crippen LogP contribution is 2.03. The molecule has 0 aromatic carbocycles. The summed E-state index contributed by atoms with van der Waals surface area (Å²) in [6.45, 7) is 7.50. The lowest BCUT2D eigenvalue weighted by atomic mass is 10.3. The molecule has 1 fully saturated rings. The van der Waals surface area contributed by atoms with Gasteiger partial charge in [0.25, 0.3) is 0 Å². The zero-order chi connectivity index (χ0) is 15.0. The van der Waals surface area contributed by atoms with E-state index < -0.39 is 0 Å². The van der Waals surface area contributed by atoms with Crippen molar-refractivity contribution in [3.8, 4) is 0 Å². The van der Waals surface area contributed by atoms with Crippen molar-refractivity contribution in [2.75, 3.05) is 53.0 Å². The number of hydrogen-bond donors (Lipinski definition) is 1. The van der Waals surface area contributed by atoms with E-state index in [0.717, 1.165) is 0 Å². The Balaban J connectivity index is 2.25. The highest BCUT2D eigenvalue weighted by molar-refractivity contribution is 5.78. The van der Waals surface area contributed by atoms with Crippen molar-refractivity contribution in [2.24, 2.45) is 0 Å². The number of nitrogens with zero attached hydrogens (tertiary/aromatic N) is 2. The van der Waals surface area contributed by atoms with Gasteiger partial charge < -0.3 is 19.7 Å². The molecule has 2 amide bonds. The number of ether oxygens (including phenoxy) is 2. The Labute approximate surface area is 120 Å². The van der Waals surface area contributed by atoms with Gasteiger partial charge in [-0.1, -0.05) is 0 Å². The van der Waals surface area contributed by atoms with Gasteiger partial charge in [-0.3, -0.25) is 9.69 Å². The number of carbonyl (C=O) groups is 2. The van der Waals surface area contributed by atoms with Crippen LogP contribution in [0.3, 0.4) is 0 Å². The van der Waals surface area contributed by atoms with Gasteiger partial charge in [0.1, 0.15) is 0 Å². The fraction of sp³-hybridized carbons (Fsp3) is 0.846. The minimum atomic E-state index is -0.273. The molecule has 1 atom stereocenters. The first-order valence-electron chi connectivity index (χ1n) is 6.99. The van der Waals surface area contributed by atoms with Crippen molar-refractivity contribution in [1.29, 1.82) is 0 Å². The molecule has 1 aliphatic rings. The minimum absolute atomic E-state index is 0.00770. The molecule has 0 aromatic rings. The lowest BCUT2D eigenvalue weighted by Gasteiger charge is -2.33. The van der Waals surface area contributed by atoms with Crippen LogP contribution in [-0.2, 0) is 14.3 Å². The second-order valence-electron chi connectivity index (χ2n) is 4.89. The van der Waals surface area contributed by atoms with Gasteiger partial charge in [-0.25, -0.2) is 4.79 Å². The maximum absolute atomic E-state index is 11.8. The molecule has 116 valence electrons. The summed E-state index contributed by atoms with van der Waals surface area (Å²) in [7, 11) is 1.61. The largest absolute Gasteiger partial charge is 0.450 e. The number of amides is 2. The molecule has 7 nitrogen and oxygen atoms in total. The van der Waals surface area contributed by atoms with E-state index in [-0.39, 0.29) is 18.0 Å². The third-order valence-corrected chi connectivity index (χ3v) is 3.09. The van der Waals surface area contributed by atoms with E-state index in [1.165, 1.54) is 0 Å². The second kappa shape index (κ2) is 8.76. The van der Waals surface area contributed by atoms with E-state index in [1.807, 2.05) is 11.8 Å². The Morgan fingerprint density at radius 2 is 1.90 bits per heavy atom. The summed E-state index contributed by atoms with van der Waals surface area (Å²) >= 11 is 0. The zero-order valence-corrected chi connectivity index (χ0v) is 12.6. The summed E-state index contributed by atoms with van der Waals surface area (Å²) in [5.41, 5.74) is 0. The van der Waals surface area contributed by atoms with Crippen LogP contribution >= 0.6 is 0 Å². The molecule has 0 saturated carbocycles. The molecule has 0 aromatic heterocycles. The van der Waals surface area contributed by atoms with Gasteiger partial charge in [0.05, 0.1) is 19.8 Å². The van der Waals surface area contributed by atoms with Crippen molar-refractivity contribution in [2.45, 2.75) is 19.9 Å². The van der Waals surface area contributed by atoms with E-state index in [4.69, 9.17) is 9.47 Å². The molecule has 0 radical (unpaired) electrons. The van der Waals surface area contributed by atoms with Gasteiger partial charge >= 0.3 is 6.09 Å². The molecular formula is C13H25N3O4. The average Bonchev–Trinajstić information content (AvgIpc) is 2.39. The van der Waals surface area contributed by atoms with Crippen LogP contribution in [0.1, 0.15) is 13.8 Å². The highest BCUT2D eigenvalue weighted by atomic mass is 16.6. The molecule has 7 heteroatoms. The van der Waals surface area contributed by atoms with E-state index in [2.05, 4.69) is 5.32 Å². The van der Waals surface area contributed by atoms with Crippen LogP contribution < -0.4 is 5.32 Å². The standard InChI is InChI=1S/C13H25N3O4/c1-4-20-13(18)16-7-5-15(6-8-16)9-12(17)14-11(2)10-19-3/h11H,4-10H2,1-3H3,(H,14,17). The summed E-state index contributed by atoms with van der Waals surface area (Å²) in [5.74, 6) is -0.0147. The van der Waals surface area contributed by atoms with Crippen molar-refractivity contribution < 1.29 is 19.1 Å². The zero-order valence-electron chi connectivity index (χ0n) is 12.6. The molecule has 1 rings (SSSR count). The number of methoxy groups -OCH3 is 1. The summed E-state index contributed by atoms with van der Waals surface area (Å²) < 4.78 is 9.92. The van der Waals surface area contributed by atoms with Crippen LogP contribution in [0.5, 0.6) is 0 Å². The van der Waals surface area contributed by atoms with E-state index in [9.17, 15) is 9.59 Å². The fourth-order valence-electron chi connectivity index (χ4n) is 2.12. The molecule has 20 heavy (non-hydrogen) atoms. The fourth-order valence-corrected chi connectivity index (χ4v) is 2.12. The second-order valence-corrected chi connectivity index (χ2v) is 4.89. The first-order valence-corrected chi connectivity index (χ1v) is 6.99. The minimum Gasteiger partial charge on any atom is -0.450 e. The van der Waals surface area contributed by atoms with Gasteiger partial charge in [-0.05, 0) is 13.8 Å².